The summed E-state index contributed by atoms with van der Waals surface area (Å²) in [4.78, 5) is 19.9. The zero-order valence-corrected chi connectivity index (χ0v) is 17.5. The molecule has 3 N–H and O–H groups in total. The molecular formula is C23H21F3N6O. The van der Waals surface area contributed by atoms with Gasteiger partial charge in [-0.2, -0.15) is 18.3 Å². The van der Waals surface area contributed by atoms with Gasteiger partial charge in [-0.15, -0.1) is 0 Å². The van der Waals surface area contributed by atoms with Crippen molar-refractivity contribution in [2.24, 2.45) is 4.99 Å². The normalized spacial score (nSPS) is 14.3. The molecule has 0 saturated heterocycles. The first-order valence-electron chi connectivity index (χ1n) is 10.2. The molecule has 1 amide bonds. The van der Waals surface area contributed by atoms with E-state index in [0.717, 1.165) is 35.7 Å². The Hall–Kier alpha value is -3.95. The number of benzene rings is 1. The first-order chi connectivity index (χ1) is 15.8. The third kappa shape index (κ3) is 6.06. The molecule has 0 bridgehead atoms. The Morgan fingerprint density at radius 1 is 1.24 bits per heavy atom. The zero-order valence-electron chi connectivity index (χ0n) is 17.5. The van der Waals surface area contributed by atoms with E-state index in [1.807, 2.05) is 16.9 Å². The van der Waals surface area contributed by atoms with E-state index in [4.69, 9.17) is 5.73 Å². The van der Waals surface area contributed by atoms with Crippen molar-refractivity contribution in [3.05, 3.63) is 66.3 Å². The summed E-state index contributed by atoms with van der Waals surface area (Å²) in [7, 11) is 0. The zero-order chi connectivity index (χ0) is 23.4. The number of nitrogens with two attached hydrogens (primary N) is 1. The Morgan fingerprint density at radius 3 is 2.82 bits per heavy atom. The maximum atomic E-state index is 12.4. The maximum absolute atomic E-state index is 12.4. The number of carbonyl (C=O) groups is 1. The van der Waals surface area contributed by atoms with Gasteiger partial charge in [0.15, 0.2) is 0 Å². The van der Waals surface area contributed by atoms with Crippen LogP contribution in [0.15, 0.2) is 60.1 Å². The second kappa shape index (κ2) is 9.27. The predicted molar refractivity (Wildman–Crippen MR) is 121 cm³/mol. The average Bonchev–Trinajstić information content (AvgIpc) is 3.50. The second-order valence-electron chi connectivity index (χ2n) is 7.65. The quantitative estimate of drug-likeness (QED) is 0.312. The number of nitrogens with zero attached hydrogens (tertiary/aromatic N) is 4. The number of amides is 1. The molecule has 170 valence electrons. The standard InChI is InChI=1S/C23H21F3N6O/c24-23(25,26)14-29-11-16-9-18(2-5-21(16)27)31-22(33)6-1-15-10-28-8-7-20(15)17-12-30-32(13-17)19-3-4-19/h1-2,5-13,19H,3-4,14,27H2,(H,31,33)/b6-1+,29-11?. The van der Waals surface area contributed by atoms with Gasteiger partial charge in [-0.3, -0.25) is 19.5 Å². The molecule has 0 unspecified atom stereocenters. The van der Waals surface area contributed by atoms with E-state index in [-0.39, 0.29) is 11.3 Å². The first-order valence-corrected chi connectivity index (χ1v) is 10.2. The van der Waals surface area contributed by atoms with E-state index in [0.29, 0.717) is 11.7 Å². The number of pyridine rings is 1. The van der Waals surface area contributed by atoms with E-state index in [1.54, 1.807) is 30.7 Å². The van der Waals surface area contributed by atoms with Crippen LogP contribution < -0.4 is 11.1 Å². The Morgan fingerprint density at radius 2 is 2.06 bits per heavy atom. The van der Waals surface area contributed by atoms with Crippen molar-refractivity contribution >= 4 is 29.6 Å². The van der Waals surface area contributed by atoms with Gasteiger partial charge in [0.05, 0.1) is 12.2 Å². The van der Waals surface area contributed by atoms with E-state index in [9.17, 15) is 18.0 Å². The van der Waals surface area contributed by atoms with Crippen molar-refractivity contribution < 1.29 is 18.0 Å². The lowest BCUT2D eigenvalue weighted by atomic mass is 10.0. The predicted octanol–water partition coefficient (Wildman–Crippen LogP) is 4.50. The third-order valence-corrected chi connectivity index (χ3v) is 4.95. The molecule has 1 aliphatic rings. The molecular weight excluding hydrogens is 433 g/mol. The van der Waals surface area contributed by atoms with Crippen molar-refractivity contribution in [2.75, 3.05) is 17.6 Å². The lowest BCUT2D eigenvalue weighted by Crippen LogP contribution is -2.12. The molecule has 1 aromatic carbocycles. The van der Waals surface area contributed by atoms with Gasteiger partial charge in [0, 0.05) is 58.9 Å². The molecule has 10 heteroatoms. The fourth-order valence-electron chi connectivity index (χ4n) is 3.18. The minimum atomic E-state index is -4.40. The fraction of sp³-hybridized carbons (Fsp3) is 0.217. The lowest BCUT2D eigenvalue weighted by Gasteiger charge is -2.07. The number of rotatable bonds is 7. The van der Waals surface area contributed by atoms with Gasteiger partial charge in [0.1, 0.15) is 6.54 Å². The van der Waals surface area contributed by atoms with Crippen molar-refractivity contribution in [3.63, 3.8) is 0 Å². The molecule has 1 saturated carbocycles. The molecule has 4 rings (SSSR count). The molecule has 7 nitrogen and oxygen atoms in total. The topological polar surface area (TPSA) is 98.2 Å². The highest BCUT2D eigenvalue weighted by Crippen LogP contribution is 2.35. The highest BCUT2D eigenvalue weighted by Gasteiger charge is 2.26. The van der Waals surface area contributed by atoms with Crippen LogP contribution in [0.2, 0.25) is 0 Å². The maximum Gasteiger partial charge on any atom is 0.407 e. The molecule has 1 fully saturated rings. The van der Waals surface area contributed by atoms with Gasteiger partial charge in [-0.25, -0.2) is 0 Å². The molecule has 0 radical (unpaired) electrons. The summed E-state index contributed by atoms with van der Waals surface area (Å²) in [5, 5.41) is 7.08. The molecule has 0 aliphatic heterocycles. The molecule has 0 atom stereocenters. The number of hydrogen-bond acceptors (Lipinski definition) is 5. The van der Waals surface area contributed by atoms with Crippen LogP contribution in [0.3, 0.4) is 0 Å². The highest BCUT2D eigenvalue weighted by molar-refractivity contribution is 6.03. The number of carbonyl (C=O) groups excluding carboxylic acids is 1. The first kappa shape index (κ1) is 22.3. The van der Waals surface area contributed by atoms with Gasteiger partial charge in [-0.1, -0.05) is 0 Å². The summed E-state index contributed by atoms with van der Waals surface area (Å²) >= 11 is 0. The third-order valence-electron chi connectivity index (χ3n) is 4.95. The van der Waals surface area contributed by atoms with Crippen molar-refractivity contribution in [2.45, 2.75) is 25.1 Å². The van der Waals surface area contributed by atoms with Crippen LogP contribution in [0, 0.1) is 0 Å². The summed E-state index contributed by atoms with van der Waals surface area (Å²) < 4.78 is 38.8. The Bertz CT molecular complexity index is 1210. The summed E-state index contributed by atoms with van der Waals surface area (Å²) in [6.07, 6.45) is 9.03. The number of anilines is 2. The SMILES string of the molecule is Nc1ccc(NC(=O)/C=C/c2cnccc2-c2cnn(C3CC3)c2)cc1C=NCC(F)(F)F. The lowest BCUT2D eigenvalue weighted by molar-refractivity contribution is -0.118. The number of aromatic nitrogens is 3. The molecule has 2 aromatic heterocycles. The summed E-state index contributed by atoms with van der Waals surface area (Å²) in [5.74, 6) is -0.415. The Kier molecular flexibility index (Phi) is 6.25. The minimum Gasteiger partial charge on any atom is -0.398 e. The van der Waals surface area contributed by atoms with E-state index < -0.39 is 18.6 Å². The van der Waals surface area contributed by atoms with Crippen LogP contribution in [0.5, 0.6) is 0 Å². The second-order valence-corrected chi connectivity index (χ2v) is 7.65. The molecule has 1 aliphatic carbocycles. The molecule has 0 spiro atoms. The highest BCUT2D eigenvalue weighted by atomic mass is 19.4. The van der Waals surface area contributed by atoms with Crippen molar-refractivity contribution in [3.8, 4) is 11.1 Å². The number of nitrogen functional groups attached to an aromatic ring is 1. The monoisotopic (exact) mass is 454 g/mol. The van der Waals surface area contributed by atoms with Crippen LogP contribution in [0.4, 0.5) is 24.5 Å². The van der Waals surface area contributed by atoms with Gasteiger partial charge in [0.25, 0.3) is 0 Å². The average molecular weight is 454 g/mol. The van der Waals surface area contributed by atoms with Crippen LogP contribution in [-0.4, -0.2) is 39.6 Å². The number of nitrogens with one attached hydrogen (secondary N) is 1. The van der Waals surface area contributed by atoms with Gasteiger partial charge in [-0.05, 0) is 48.7 Å². The van der Waals surface area contributed by atoms with Crippen LogP contribution in [0.1, 0.15) is 30.0 Å². The van der Waals surface area contributed by atoms with Gasteiger partial charge >= 0.3 is 6.18 Å². The number of hydrogen-bond donors (Lipinski definition) is 2. The van der Waals surface area contributed by atoms with E-state index in [2.05, 4.69) is 20.4 Å². The summed E-state index contributed by atoms with van der Waals surface area (Å²) in [6.45, 7) is -1.31. The van der Waals surface area contributed by atoms with Crippen molar-refractivity contribution in [1.29, 1.82) is 0 Å². The van der Waals surface area contributed by atoms with Gasteiger partial charge in [0.2, 0.25) is 5.91 Å². The molecule has 3 aromatic rings. The van der Waals surface area contributed by atoms with Crippen LogP contribution in [-0.2, 0) is 4.79 Å². The molecule has 33 heavy (non-hydrogen) atoms. The number of halogens is 3. The number of alkyl halides is 3. The smallest absolute Gasteiger partial charge is 0.398 e. The van der Waals surface area contributed by atoms with E-state index >= 15 is 0 Å². The number of aliphatic imine (C=N–C) groups is 1. The summed E-state index contributed by atoms with van der Waals surface area (Å²) in [6, 6.07) is 6.84. The Balaban J connectivity index is 1.45. The fourth-order valence-corrected chi connectivity index (χ4v) is 3.18. The van der Waals surface area contributed by atoms with Crippen LogP contribution >= 0.6 is 0 Å². The Labute approximate surface area is 187 Å². The van der Waals surface area contributed by atoms with Crippen molar-refractivity contribution in [1.82, 2.24) is 14.8 Å². The minimum absolute atomic E-state index is 0.251. The summed E-state index contributed by atoms with van der Waals surface area (Å²) in [5.41, 5.74) is 9.28. The largest absolute Gasteiger partial charge is 0.407 e. The molecule has 2 heterocycles. The van der Waals surface area contributed by atoms with E-state index in [1.165, 1.54) is 18.2 Å². The van der Waals surface area contributed by atoms with Crippen LogP contribution in [0.25, 0.3) is 17.2 Å². The van der Waals surface area contributed by atoms with Gasteiger partial charge < -0.3 is 11.1 Å².